The van der Waals surface area contributed by atoms with Gasteiger partial charge in [-0.15, -0.1) is 11.3 Å². The third-order valence-electron chi connectivity index (χ3n) is 4.39. The quantitative estimate of drug-likeness (QED) is 0.483. The number of amides is 1. The molecule has 1 aromatic heterocycles. The van der Waals surface area contributed by atoms with Crippen LogP contribution in [0.4, 0.5) is 0 Å². The normalized spacial score (nSPS) is 11.0. The third-order valence-corrected chi connectivity index (χ3v) is 5.33. The standard InChI is InChI=1S/C23H32N2O5S/c1-15(2)11-25(12-16(3)4)21(26)13-30-22(27)10-18-14-31-23(24-18)17-7-8-19(28-5)20(9-17)29-6/h7-9,14-16H,10-13H2,1-6H3. The molecule has 1 heterocycles. The molecular formula is C23H32N2O5S. The third kappa shape index (κ3) is 7.54. The molecule has 31 heavy (non-hydrogen) atoms. The Balaban J connectivity index is 1.95. The Kier molecular flexibility index (Phi) is 9.30. The SMILES string of the molecule is COc1ccc(-c2nc(CC(=O)OCC(=O)N(CC(C)C)CC(C)C)cs2)cc1OC. The van der Waals surface area contributed by atoms with Crippen molar-refractivity contribution in [3.8, 4) is 22.1 Å². The predicted octanol–water partition coefficient (Wildman–Crippen LogP) is 4.05. The van der Waals surface area contributed by atoms with E-state index in [1.165, 1.54) is 11.3 Å². The van der Waals surface area contributed by atoms with Crippen molar-refractivity contribution in [1.29, 1.82) is 0 Å². The molecule has 1 aromatic carbocycles. The molecule has 0 aliphatic carbocycles. The molecule has 170 valence electrons. The number of aromatic nitrogens is 1. The van der Waals surface area contributed by atoms with Crippen molar-refractivity contribution >= 4 is 23.2 Å². The Bertz CT molecular complexity index is 869. The summed E-state index contributed by atoms with van der Waals surface area (Å²) in [5.74, 6) is 1.32. The number of carbonyl (C=O) groups excluding carboxylic acids is 2. The molecule has 0 spiro atoms. The molecule has 0 saturated heterocycles. The van der Waals surface area contributed by atoms with Crippen molar-refractivity contribution in [3.63, 3.8) is 0 Å². The van der Waals surface area contributed by atoms with Gasteiger partial charge in [0, 0.05) is 24.0 Å². The lowest BCUT2D eigenvalue weighted by Crippen LogP contribution is -2.39. The second-order valence-electron chi connectivity index (χ2n) is 8.14. The molecule has 0 aliphatic rings. The first-order valence-electron chi connectivity index (χ1n) is 10.3. The Morgan fingerprint density at radius 3 is 2.26 bits per heavy atom. The number of benzene rings is 1. The summed E-state index contributed by atoms with van der Waals surface area (Å²) in [6.45, 7) is 9.29. The summed E-state index contributed by atoms with van der Waals surface area (Å²) < 4.78 is 15.8. The van der Waals surface area contributed by atoms with Crippen LogP contribution in [0.5, 0.6) is 11.5 Å². The highest BCUT2D eigenvalue weighted by molar-refractivity contribution is 7.13. The van der Waals surface area contributed by atoms with E-state index in [1.807, 2.05) is 23.6 Å². The van der Waals surface area contributed by atoms with Gasteiger partial charge in [-0.1, -0.05) is 27.7 Å². The van der Waals surface area contributed by atoms with Crippen LogP contribution < -0.4 is 9.47 Å². The summed E-state index contributed by atoms with van der Waals surface area (Å²) >= 11 is 1.43. The molecule has 0 atom stereocenters. The molecule has 0 saturated carbocycles. The highest BCUT2D eigenvalue weighted by Gasteiger charge is 2.19. The first-order valence-corrected chi connectivity index (χ1v) is 11.2. The lowest BCUT2D eigenvalue weighted by atomic mass is 10.1. The van der Waals surface area contributed by atoms with Crippen LogP contribution in [-0.2, 0) is 20.7 Å². The molecule has 8 heteroatoms. The Hall–Kier alpha value is -2.61. The van der Waals surface area contributed by atoms with E-state index in [2.05, 4.69) is 32.7 Å². The molecule has 1 amide bonds. The van der Waals surface area contributed by atoms with Crippen LogP contribution in [0.3, 0.4) is 0 Å². The van der Waals surface area contributed by atoms with Gasteiger partial charge < -0.3 is 19.1 Å². The zero-order valence-corrected chi connectivity index (χ0v) is 20.0. The summed E-state index contributed by atoms with van der Waals surface area (Å²) in [5.41, 5.74) is 1.48. The van der Waals surface area contributed by atoms with E-state index >= 15 is 0 Å². The topological polar surface area (TPSA) is 78.0 Å². The highest BCUT2D eigenvalue weighted by atomic mass is 32.1. The molecule has 0 N–H and O–H groups in total. The first kappa shape index (κ1) is 24.7. The summed E-state index contributed by atoms with van der Waals surface area (Å²) in [5, 5.41) is 2.58. The van der Waals surface area contributed by atoms with Crippen molar-refractivity contribution in [3.05, 3.63) is 29.3 Å². The first-order chi connectivity index (χ1) is 14.7. The van der Waals surface area contributed by atoms with Crippen LogP contribution in [0.25, 0.3) is 10.6 Å². The molecule has 0 aliphatic heterocycles. The van der Waals surface area contributed by atoms with Gasteiger partial charge in [0.05, 0.1) is 26.3 Å². The van der Waals surface area contributed by atoms with Gasteiger partial charge in [0.25, 0.3) is 5.91 Å². The fourth-order valence-electron chi connectivity index (χ4n) is 3.08. The lowest BCUT2D eigenvalue weighted by molar-refractivity contribution is -0.152. The zero-order chi connectivity index (χ0) is 23.0. The van der Waals surface area contributed by atoms with Crippen LogP contribution in [0, 0.1) is 11.8 Å². The largest absolute Gasteiger partial charge is 0.493 e. The van der Waals surface area contributed by atoms with Crippen LogP contribution in [0.2, 0.25) is 0 Å². The number of methoxy groups -OCH3 is 2. The maximum Gasteiger partial charge on any atom is 0.312 e. The highest BCUT2D eigenvalue weighted by Crippen LogP contribution is 2.33. The van der Waals surface area contributed by atoms with Gasteiger partial charge in [-0.3, -0.25) is 9.59 Å². The Morgan fingerprint density at radius 2 is 1.68 bits per heavy atom. The number of ether oxygens (including phenoxy) is 3. The van der Waals surface area contributed by atoms with E-state index in [1.54, 1.807) is 19.1 Å². The average Bonchev–Trinajstić information content (AvgIpc) is 3.18. The number of esters is 1. The molecule has 0 fully saturated rings. The molecule has 0 radical (unpaired) electrons. The van der Waals surface area contributed by atoms with Gasteiger partial charge in [0.15, 0.2) is 18.1 Å². The number of nitrogens with zero attached hydrogens (tertiary/aromatic N) is 2. The predicted molar refractivity (Wildman–Crippen MR) is 122 cm³/mol. The smallest absolute Gasteiger partial charge is 0.312 e. The van der Waals surface area contributed by atoms with Crippen LogP contribution in [-0.4, -0.2) is 55.7 Å². The minimum Gasteiger partial charge on any atom is -0.493 e. The van der Waals surface area contributed by atoms with Gasteiger partial charge in [-0.2, -0.15) is 0 Å². The van der Waals surface area contributed by atoms with E-state index in [4.69, 9.17) is 14.2 Å². The number of rotatable bonds is 11. The van der Waals surface area contributed by atoms with Crippen LogP contribution in [0.1, 0.15) is 33.4 Å². The summed E-state index contributed by atoms with van der Waals surface area (Å²) in [6, 6.07) is 5.55. The fraction of sp³-hybridized carbons (Fsp3) is 0.522. The van der Waals surface area contributed by atoms with Gasteiger partial charge in [-0.05, 0) is 30.0 Å². The minimum absolute atomic E-state index is 0.0193. The second kappa shape index (κ2) is 11.7. The van der Waals surface area contributed by atoms with Crippen molar-refractivity contribution < 1.29 is 23.8 Å². The second-order valence-corrected chi connectivity index (χ2v) is 9.00. The summed E-state index contributed by atoms with van der Waals surface area (Å²) in [6.07, 6.45) is 0.0193. The molecule has 2 rings (SSSR count). The monoisotopic (exact) mass is 448 g/mol. The van der Waals surface area contributed by atoms with Gasteiger partial charge >= 0.3 is 5.97 Å². The Morgan fingerprint density at radius 1 is 1.03 bits per heavy atom. The maximum atomic E-state index is 12.5. The number of hydrogen-bond acceptors (Lipinski definition) is 7. The van der Waals surface area contributed by atoms with E-state index in [-0.39, 0.29) is 18.9 Å². The molecule has 0 bridgehead atoms. The lowest BCUT2D eigenvalue weighted by Gasteiger charge is -2.26. The zero-order valence-electron chi connectivity index (χ0n) is 19.1. The van der Waals surface area contributed by atoms with Crippen molar-refractivity contribution in [2.75, 3.05) is 33.9 Å². The van der Waals surface area contributed by atoms with Crippen molar-refractivity contribution in [2.45, 2.75) is 34.1 Å². The molecular weight excluding hydrogens is 416 g/mol. The van der Waals surface area contributed by atoms with Crippen LogP contribution >= 0.6 is 11.3 Å². The molecule has 7 nitrogen and oxygen atoms in total. The van der Waals surface area contributed by atoms with E-state index in [0.29, 0.717) is 42.1 Å². The summed E-state index contributed by atoms with van der Waals surface area (Å²) in [4.78, 5) is 31.0. The van der Waals surface area contributed by atoms with Crippen molar-refractivity contribution in [2.24, 2.45) is 11.8 Å². The maximum absolute atomic E-state index is 12.5. The summed E-state index contributed by atoms with van der Waals surface area (Å²) in [7, 11) is 3.16. The van der Waals surface area contributed by atoms with Crippen molar-refractivity contribution in [1.82, 2.24) is 9.88 Å². The van der Waals surface area contributed by atoms with Gasteiger partial charge in [0.2, 0.25) is 0 Å². The molecule has 0 unspecified atom stereocenters. The number of hydrogen-bond donors (Lipinski definition) is 0. The van der Waals surface area contributed by atoms with E-state index in [9.17, 15) is 9.59 Å². The Labute approximate surface area is 188 Å². The number of carbonyl (C=O) groups is 2. The van der Waals surface area contributed by atoms with Gasteiger partial charge in [-0.25, -0.2) is 4.98 Å². The van der Waals surface area contributed by atoms with E-state index < -0.39 is 5.97 Å². The molecule has 2 aromatic rings. The average molecular weight is 449 g/mol. The fourth-order valence-corrected chi connectivity index (χ4v) is 3.90. The van der Waals surface area contributed by atoms with Crippen LogP contribution in [0.15, 0.2) is 23.6 Å². The van der Waals surface area contributed by atoms with E-state index in [0.717, 1.165) is 10.6 Å². The number of thiazole rings is 1. The van der Waals surface area contributed by atoms with Gasteiger partial charge in [0.1, 0.15) is 5.01 Å². The minimum atomic E-state index is -0.466.